The summed E-state index contributed by atoms with van der Waals surface area (Å²) in [6.45, 7) is 0.754. The highest BCUT2D eigenvalue weighted by Gasteiger charge is 2.22. The highest BCUT2D eigenvalue weighted by atomic mass is 35.5. The maximum Gasteiger partial charge on any atom is 0.341 e. The number of nitriles is 1. The highest BCUT2D eigenvalue weighted by Crippen LogP contribution is 2.13. The summed E-state index contributed by atoms with van der Waals surface area (Å²) in [6.07, 6.45) is 1.41. The van der Waals surface area contributed by atoms with E-state index in [0.29, 0.717) is 0 Å². The van der Waals surface area contributed by atoms with Crippen molar-refractivity contribution in [3.05, 3.63) is 29.0 Å². The van der Waals surface area contributed by atoms with Crippen LogP contribution in [0.2, 0.25) is 5.15 Å². The number of ketones is 1. The molecule has 1 aromatic heterocycles. The standard InChI is InChI=1S/C12H10ClN3O3/c1-7(15)9(5-14)10(17)6-19-12(18)8-3-2-4-16-11(8)13/h2-4,9,15H,6H2,1H3. The Hall–Kier alpha value is -2.26. The summed E-state index contributed by atoms with van der Waals surface area (Å²) >= 11 is 5.69. The van der Waals surface area contributed by atoms with Crippen LogP contribution in [0.1, 0.15) is 17.3 Å². The van der Waals surface area contributed by atoms with Crippen LogP contribution in [0.25, 0.3) is 0 Å². The Balaban J connectivity index is 2.66. The molecular weight excluding hydrogens is 270 g/mol. The molecule has 1 unspecified atom stereocenters. The Labute approximate surface area is 114 Å². The number of Topliss-reactive ketones (excluding diaryl/α,β-unsaturated/α-hetero) is 1. The summed E-state index contributed by atoms with van der Waals surface area (Å²) in [5.74, 6) is -2.65. The van der Waals surface area contributed by atoms with Gasteiger partial charge in [-0.3, -0.25) is 4.79 Å². The van der Waals surface area contributed by atoms with Crippen LogP contribution in [0.4, 0.5) is 0 Å². The van der Waals surface area contributed by atoms with E-state index >= 15 is 0 Å². The highest BCUT2D eigenvalue weighted by molar-refractivity contribution is 6.32. The second-order valence-electron chi connectivity index (χ2n) is 3.63. The maximum atomic E-state index is 11.6. The normalized spacial score (nSPS) is 11.2. The molecule has 98 valence electrons. The van der Waals surface area contributed by atoms with E-state index in [1.807, 2.05) is 0 Å². The molecule has 0 bridgehead atoms. The van der Waals surface area contributed by atoms with Gasteiger partial charge < -0.3 is 10.1 Å². The fourth-order valence-corrected chi connectivity index (χ4v) is 1.44. The quantitative estimate of drug-likeness (QED) is 0.501. The van der Waals surface area contributed by atoms with Crippen LogP contribution in [0.15, 0.2) is 18.3 Å². The first-order valence-corrected chi connectivity index (χ1v) is 5.60. The van der Waals surface area contributed by atoms with E-state index in [4.69, 9.17) is 27.0 Å². The van der Waals surface area contributed by atoms with Gasteiger partial charge in [0.15, 0.2) is 12.4 Å². The molecule has 0 radical (unpaired) electrons. The van der Waals surface area contributed by atoms with Crippen LogP contribution in [0.5, 0.6) is 0 Å². The van der Waals surface area contributed by atoms with Crippen molar-refractivity contribution >= 4 is 29.1 Å². The lowest BCUT2D eigenvalue weighted by molar-refractivity contribution is -0.122. The van der Waals surface area contributed by atoms with Crippen molar-refractivity contribution in [3.63, 3.8) is 0 Å². The van der Waals surface area contributed by atoms with Crippen molar-refractivity contribution in [2.24, 2.45) is 5.92 Å². The summed E-state index contributed by atoms with van der Waals surface area (Å²) in [7, 11) is 0. The van der Waals surface area contributed by atoms with E-state index in [9.17, 15) is 9.59 Å². The molecule has 0 spiro atoms. The molecule has 1 N–H and O–H groups in total. The van der Waals surface area contributed by atoms with Crippen molar-refractivity contribution < 1.29 is 14.3 Å². The molecule has 0 fully saturated rings. The number of pyridine rings is 1. The first-order chi connectivity index (χ1) is 8.97. The van der Waals surface area contributed by atoms with Crippen molar-refractivity contribution in [1.29, 1.82) is 10.7 Å². The van der Waals surface area contributed by atoms with E-state index in [0.717, 1.165) is 0 Å². The lowest BCUT2D eigenvalue weighted by Gasteiger charge is -2.07. The average Bonchev–Trinajstić information content (AvgIpc) is 2.37. The molecule has 7 heteroatoms. The van der Waals surface area contributed by atoms with Gasteiger partial charge in [-0.1, -0.05) is 11.6 Å². The Kier molecular flexibility index (Phi) is 5.15. The molecule has 0 aliphatic carbocycles. The molecular formula is C12H10ClN3O3. The number of ether oxygens (including phenoxy) is 1. The van der Waals surface area contributed by atoms with E-state index in [1.165, 1.54) is 25.3 Å². The first-order valence-electron chi connectivity index (χ1n) is 5.22. The predicted octanol–water partition coefficient (Wildman–Crippen LogP) is 1.64. The number of carbonyl (C=O) groups excluding carboxylic acids is 2. The van der Waals surface area contributed by atoms with Crippen molar-refractivity contribution in [1.82, 2.24) is 4.98 Å². The van der Waals surface area contributed by atoms with E-state index in [-0.39, 0.29) is 16.4 Å². The summed E-state index contributed by atoms with van der Waals surface area (Å²) in [6, 6.07) is 4.58. The zero-order valence-electron chi connectivity index (χ0n) is 10.0. The minimum absolute atomic E-state index is 0.0278. The van der Waals surface area contributed by atoms with E-state index in [1.54, 1.807) is 6.07 Å². The molecule has 0 aliphatic rings. The van der Waals surface area contributed by atoms with Gasteiger partial charge in [-0.2, -0.15) is 5.26 Å². The van der Waals surface area contributed by atoms with Gasteiger partial charge in [0.2, 0.25) is 0 Å². The second kappa shape index (κ2) is 6.61. The smallest absolute Gasteiger partial charge is 0.341 e. The van der Waals surface area contributed by atoms with Crippen LogP contribution < -0.4 is 0 Å². The summed E-state index contributed by atoms with van der Waals surface area (Å²) < 4.78 is 4.74. The SMILES string of the molecule is CC(=N)C(C#N)C(=O)COC(=O)c1cccnc1Cl. The number of halogens is 1. The molecule has 1 aromatic rings. The summed E-state index contributed by atoms with van der Waals surface area (Å²) in [5.41, 5.74) is -0.0555. The Morgan fingerprint density at radius 2 is 2.32 bits per heavy atom. The van der Waals surface area contributed by atoms with Crippen LogP contribution in [0, 0.1) is 22.7 Å². The van der Waals surface area contributed by atoms with Crippen molar-refractivity contribution in [3.8, 4) is 6.07 Å². The van der Waals surface area contributed by atoms with Crippen LogP contribution in [0.3, 0.4) is 0 Å². The van der Waals surface area contributed by atoms with Gasteiger partial charge in [0.05, 0.1) is 11.6 Å². The van der Waals surface area contributed by atoms with Gasteiger partial charge in [-0.25, -0.2) is 9.78 Å². The molecule has 19 heavy (non-hydrogen) atoms. The fraction of sp³-hybridized carbons (Fsp3) is 0.250. The minimum Gasteiger partial charge on any atom is -0.454 e. The molecule has 1 rings (SSSR count). The number of aromatic nitrogens is 1. The third kappa shape index (κ3) is 3.86. The lowest BCUT2D eigenvalue weighted by atomic mass is 10.0. The third-order valence-corrected chi connectivity index (χ3v) is 2.51. The van der Waals surface area contributed by atoms with Crippen molar-refractivity contribution in [2.45, 2.75) is 6.92 Å². The van der Waals surface area contributed by atoms with Crippen LogP contribution in [-0.2, 0) is 9.53 Å². The number of carbonyl (C=O) groups is 2. The molecule has 0 aliphatic heterocycles. The minimum atomic E-state index is -1.20. The second-order valence-corrected chi connectivity index (χ2v) is 3.99. The van der Waals surface area contributed by atoms with Gasteiger partial charge in [-0.15, -0.1) is 0 Å². The molecule has 1 atom stereocenters. The zero-order valence-corrected chi connectivity index (χ0v) is 10.8. The van der Waals surface area contributed by atoms with E-state index < -0.39 is 24.3 Å². The summed E-state index contributed by atoms with van der Waals surface area (Å²) in [5, 5.41) is 15.9. The van der Waals surface area contributed by atoms with Gasteiger partial charge in [0.1, 0.15) is 11.1 Å². The van der Waals surface area contributed by atoms with Gasteiger partial charge in [0, 0.05) is 11.9 Å². The maximum absolute atomic E-state index is 11.6. The number of nitrogens with one attached hydrogen (secondary N) is 1. The Morgan fingerprint density at radius 1 is 1.63 bits per heavy atom. The van der Waals surface area contributed by atoms with Crippen molar-refractivity contribution in [2.75, 3.05) is 6.61 Å². The van der Waals surface area contributed by atoms with Gasteiger partial charge >= 0.3 is 5.97 Å². The molecule has 6 nitrogen and oxygen atoms in total. The average molecular weight is 280 g/mol. The Bertz CT molecular complexity index is 566. The number of hydrogen-bond donors (Lipinski definition) is 1. The fourth-order valence-electron chi connectivity index (χ4n) is 1.25. The first kappa shape index (κ1) is 14.8. The molecule has 1 heterocycles. The summed E-state index contributed by atoms with van der Waals surface area (Å²) in [4.78, 5) is 26.9. The third-order valence-electron chi connectivity index (χ3n) is 2.21. The number of hydrogen-bond acceptors (Lipinski definition) is 6. The molecule has 0 saturated carbocycles. The van der Waals surface area contributed by atoms with Gasteiger partial charge in [0.25, 0.3) is 0 Å². The van der Waals surface area contributed by atoms with E-state index in [2.05, 4.69) is 4.98 Å². The molecule has 0 saturated heterocycles. The predicted molar refractivity (Wildman–Crippen MR) is 67.0 cm³/mol. The molecule has 0 amide bonds. The van der Waals surface area contributed by atoms with Crippen LogP contribution in [-0.4, -0.2) is 29.1 Å². The molecule has 0 aromatic carbocycles. The lowest BCUT2D eigenvalue weighted by Crippen LogP contribution is -2.25. The topological polar surface area (TPSA) is 104 Å². The zero-order chi connectivity index (χ0) is 14.4. The number of nitrogens with zero attached hydrogens (tertiary/aromatic N) is 2. The monoisotopic (exact) mass is 279 g/mol. The van der Waals surface area contributed by atoms with Crippen LogP contribution >= 0.6 is 11.6 Å². The number of esters is 1. The van der Waals surface area contributed by atoms with Gasteiger partial charge in [-0.05, 0) is 19.1 Å². The number of rotatable bonds is 5. The Morgan fingerprint density at radius 3 is 2.84 bits per heavy atom. The largest absolute Gasteiger partial charge is 0.454 e.